The van der Waals surface area contributed by atoms with Crippen LogP contribution in [-0.2, 0) is 11.2 Å². The summed E-state index contributed by atoms with van der Waals surface area (Å²) in [5.41, 5.74) is 4.86. The molecule has 0 aliphatic heterocycles. The Morgan fingerprint density at radius 2 is 1.88 bits per heavy atom. The Hall–Kier alpha value is -2.61. The number of carbonyl (C=O) groups is 1. The normalized spacial score (nSPS) is 13.3. The highest BCUT2D eigenvalue weighted by Gasteiger charge is 2.16. The number of benzene rings is 2. The van der Waals surface area contributed by atoms with E-state index in [1.165, 1.54) is 24.0 Å². The lowest BCUT2D eigenvalue weighted by atomic mass is 9.88. The standard InChI is InChI=1S/C24H26O2/c1-2-3-4-5-9-15-24(25)26-23-14-10-13-21-18-20(16-17-22(21)23)19-11-7-6-8-12-19/h6-15,18H,2-5,16-17H2,1H3. The average molecular weight is 346 g/mol. The Bertz CT molecular complexity index is 800. The molecule has 1 aliphatic rings. The zero-order chi connectivity index (χ0) is 18.2. The monoisotopic (exact) mass is 346 g/mol. The molecule has 3 rings (SSSR count). The van der Waals surface area contributed by atoms with Crippen LogP contribution in [0.5, 0.6) is 5.75 Å². The molecule has 0 radical (unpaired) electrons. The smallest absolute Gasteiger partial charge is 0.335 e. The van der Waals surface area contributed by atoms with Crippen molar-refractivity contribution in [3.63, 3.8) is 0 Å². The number of allylic oxidation sites excluding steroid dienone is 2. The third-order valence-corrected chi connectivity index (χ3v) is 4.73. The molecular formula is C24H26O2. The first kappa shape index (κ1) is 18.2. The third-order valence-electron chi connectivity index (χ3n) is 4.73. The molecule has 2 nitrogen and oxygen atoms in total. The van der Waals surface area contributed by atoms with Crippen molar-refractivity contribution in [3.8, 4) is 5.75 Å². The Labute approximate surface area is 156 Å². The Morgan fingerprint density at radius 1 is 1.04 bits per heavy atom. The van der Waals surface area contributed by atoms with Crippen LogP contribution in [0, 0.1) is 0 Å². The highest BCUT2D eigenvalue weighted by molar-refractivity contribution is 5.87. The first-order chi connectivity index (χ1) is 12.8. The van der Waals surface area contributed by atoms with E-state index in [1.807, 2.05) is 24.3 Å². The molecule has 26 heavy (non-hydrogen) atoms. The van der Waals surface area contributed by atoms with Gasteiger partial charge in [-0.2, -0.15) is 0 Å². The van der Waals surface area contributed by atoms with E-state index in [0.717, 1.165) is 36.8 Å². The van der Waals surface area contributed by atoms with Crippen LogP contribution in [0.15, 0.2) is 60.7 Å². The summed E-state index contributed by atoms with van der Waals surface area (Å²) in [4.78, 5) is 12.1. The summed E-state index contributed by atoms with van der Waals surface area (Å²) < 4.78 is 5.61. The van der Waals surface area contributed by atoms with Crippen molar-refractivity contribution in [2.45, 2.75) is 45.4 Å². The fraction of sp³-hybridized carbons (Fsp3) is 0.292. The van der Waals surface area contributed by atoms with E-state index in [9.17, 15) is 4.79 Å². The van der Waals surface area contributed by atoms with Crippen LogP contribution in [-0.4, -0.2) is 5.97 Å². The SMILES string of the molecule is CCCCCC=CC(=O)Oc1cccc2c1CCC(c1ccccc1)=C2. The molecule has 2 aromatic carbocycles. The molecule has 0 fully saturated rings. The number of hydrogen-bond acceptors (Lipinski definition) is 2. The summed E-state index contributed by atoms with van der Waals surface area (Å²) in [5, 5.41) is 0. The second-order valence-electron chi connectivity index (χ2n) is 6.68. The molecule has 0 spiro atoms. The first-order valence-electron chi connectivity index (χ1n) is 9.54. The average Bonchev–Trinajstić information content (AvgIpc) is 2.68. The fourth-order valence-electron chi connectivity index (χ4n) is 3.31. The van der Waals surface area contributed by atoms with Gasteiger partial charge in [-0.15, -0.1) is 0 Å². The van der Waals surface area contributed by atoms with Crippen molar-refractivity contribution in [1.82, 2.24) is 0 Å². The summed E-state index contributed by atoms with van der Waals surface area (Å²) in [6.07, 6.45) is 12.0. The maximum Gasteiger partial charge on any atom is 0.335 e. The van der Waals surface area contributed by atoms with E-state index in [4.69, 9.17) is 4.74 Å². The third kappa shape index (κ3) is 4.72. The molecule has 0 amide bonds. The van der Waals surface area contributed by atoms with Crippen molar-refractivity contribution < 1.29 is 9.53 Å². The van der Waals surface area contributed by atoms with Crippen LogP contribution in [0.1, 0.15) is 55.7 Å². The first-order valence-corrected chi connectivity index (χ1v) is 9.54. The van der Waals surface area contributed by atoms with E-state index in [2.05, 4.69) is 43.3 Å². The van der Waals surface area contributed by atoms with Crippen molar-refractivity contribution in [1.29, 1.82) is 0 Å². The predicted octanol–water partition coefficient (Wildman–Crippen LogP) is 6.22. The number of carbonyl (C=O) groups excluding carboxylic acids is 1. The number of fused-ring (bicyclic) bond motifs is 1. The zero-order valence-corrected chi connectivity index (χ0v) is 15.4. The van der Waals surface area contributed by atoms with Gasteiger partial charge in [0.25, 0.3) is 0 Å². The minimum Gasteiger partial charge on any atom is -0.423 e. The molecule has 0 saturated carbocycles. The summed E-state index contributed by atoms with van der Waals surface area (Å²) in [5.74, 6) is 0.404. The van der Waals surface area contributed by atoms with Crippen LogP contribution in [0.25, 0.3) is 11.6 Å². The molecule has 0 aromatic heterocycles. The summed E-state index contributed by atoms with van der Waals surface area (Å²) in [6, 6.07) is 16.4. The molecule has 1 aliphatic carbocycles. The Kier molecular flexibility index (Phi) is 6.43. The number of rotatable bonds is 7. The minimum absolute atomic E-state index is 0.285. The molecule has 0 bridgehead atoms. The number of unbranched alkanes of at least 4 members (excludes halogenated alkanes) is 3. The highest BCUT2D eigenvalue weighted by atomic mass is 16.5. The molecule has 0 atom stereocenters. The molecule has 0 heterocycles. The summed E-state index contributed by atoms with van der Waals surface area (Å²) in [7, 11) is 0. The second kappa shape index (κ2) is 9.19. The molecule has 0 saturated heterocycles. The fourth-order valence-corrected chi connectivity index (χ4v) is 3.31. The molecule has 2 heteroatoms. The van der Waals surface area contributed by atoms with Gasteiger partial charge < -0.3 is 4.74 Å². The topological polar surface area (TPSA) is 26.3 Å². The van der Waals surface area contributed by atoms with E-state index in [1.54, 1.807) is 6.08 Å². The Balaban J connectivity index is 1.70. The van der Waals surface area contributed by atoms with E-state index < -0.39 is 0 Å². The maximum absolute atomic E-state index is 12.1. The van der Waals surface area contributed by atoms with Gasteiger partial charge in [0.1, 0.15) is 5.75 Å². The quantitative estimate of drug-likeness (QED) is 0.258. The van der Waals surface area contributed by atoms with Gasteiger partial charge >= 0.3 is 5.97 Å². The predicted molar refractivity (Wildman–Crippen MR) is 108 cm³/mol. The van der Waals surface area contributed by atoms with Gasteiger partial charge in [0.15, 0.2) is 0 Å². The summed E-state index contributed by atoms with van der Waals surface area (Å²) in [6.45, 7) is 2.17. The second-order valence-corrected chi connectivity index (χ2v) is 6.68. The lowest BCUT2D eigenvalue weighted by molar-refractivity contribution is -0.129. The molecule has 0 unspecified atom stereocenters. The van der Waals surface area contributed by atoms with Gasteiger partial charge in [-0.1, -0.05) is 74.4 Å². The number of hydrogen-bond donors (Lipinski definition) is 0. The van der Waals surface area contributed by atoms with Crippen molar-refractivity contribution in [3.05, 3.63) is 77.4 Å². The van der Waals surface area contributed by atoms with Crippen molar-refractivity contribution >= 4 is 17.6 Å². The van der Waals surface area contributed by atoms with Crippen LogP contribution in [0.4, 0.5) is 0 Å². The van der Waals surface area contributed by atoms with Crippen LogP contribution in [0.3, 0.4) is 0 Å². The molecule has 134 valence electrons. The highest BCUT2D eigenvalue weighted by Crippen LogP contribution is 2.35. The maximum atomic E-state index is 12.1. The Morgan fingerprint density at radius 3 is 2.69 bits per heavy atom. The summed E-state index contributed by atoms with van der Waals surface area (Å²) >= 11 is 0. The molecule has 2 aromatic rings. The van der Waals surface area contributed by atoms with Crippen LogP contribution in [0.2, 0.25) is 0 Å². The van der Waals surface area contributed by atoms with Crippen LogP contribution >= 0.6 is 0 Å². The minimum atomic E-state index is -0.285. The van der Waals surface area contributed by atoms with Gasteiger partial charge in [-0.05, 0) is 48.4 Å². The van der Waals surface area contributed by atoms with Gasteiger partial charge in [-0.25, -0.2) is 4.79 Å². The van der Waals surface area contributed by atoms with Crippen molar-refractivity contribution in [2.24, 2.45) is 0 Å². The molecule has 0 N–H and O–H groups in total. The van der Waals surface area contributed by atoms with Crippen LogP contribution < -0.4 is 4.74 Å². The van der Waals surface area contributed by atoms with E-state index >= 15 is 0 Å². The van der Waals surface area contributed by atoms with Gasteiger partial charge in [-0.3, -0.25) is 0 Å². The molecular weight excluding hydrogens is 320 g/mol. The lowest BCUT2D eigenvalue weighted by Crippen LogP contribution is -2.08. The van der Waals surface area contributed by atoms with Gasteiger partial charge in [0.2, 0.25) is 0 Å². The number of ether oxygens (including phenoxy) is 1. The zero-order valence-electron chi connectivity index (χ0n) is 15.4. The van der Waals surface area contributed by atoms with Gasteiger partial charge in [0, 0.05) is 11.6 Å². The largest absolute Gasteiger partial charge is 0.423 e. The lowest BCUT2D eigenvalue weighted by Gasteiger charge is -2.19. The number of esters is 1. The van der Waals surface area contributed by atoms with E-state index in [0.29, 0.717) is 5.75 Å². The van der Waals surface area contributed by atoms with Crippen molar-refractivity contribution in [2.75, 3.05) is 0 Å². The van der Waals surface area contributed by atoms with E-state index in [-0.39, 0.29) is 5.97 Å². The van der Waals surface area contributed by atoms with Gasteiger partial charge in [0.05, 0.1) is 0 Å².